The predicted octanol–water partition coefficient (Wildman–Crippen LogP) is 0.268. The maximum Gasteiger partial charge on any atom is 0.275 e. The van der Waals surface area contributed by atoms with Gasteiger partial charge in [0.05, 0.1) is 11.5 Å². The smallest absolute Gasteiger partial charge is 0.275 e. The van der Waals surface area contributed by atoms with Crippen molar-refractivity contribution in [2.24, 2.45) is 0 Å². The zero-order valence-electron chi connectivity index (χ0n) is 11.9. The summed E-state index contributed by atoms with van der Waals surface area (Å²) in [5.41, 5.74) is 1.09. The van der Waals surface area contributed by atoms with Crippen molar-refractivity contribution in [3.8, 4) is 0 Å². The second-order valence-corrected chi connectivity index (χ2v) is 8.11. The van der Waals surface area contributed by atoms with Crippen LogP contribution in [0.15, 0.2) is 24.3 Å². The Morgan fingerprint density at radius 2 is 2.10 bits per heavy atom. The van der Waals surface area contributed by atoms with Gasteiger partial charge in [0.25, 0.3) is 5.91 Å². The molecule has 2 rings (SSSR count). The number of halogens is 1. The monoisotopic (exact) mass is 331 g/mol. The summed E-state index contributed by atoms with van der Waals surface area (Å²) in [6, 6.07) is 7.42. The summed E-state index contributed by atoms with van der Waals surface area (Å²) in [4.78, 5) is 11.8. The molecule has 7 heteroatoms. The summed E-state index contributed by atoms with van der Waals surface area (Å²) in [6.07, 6.45) is 0.515. The van der Waals surface area contributed by atoms with Gasteiger partial charge in [-0.2, -0.15) is 0 Å². The van der Waals surface area contributed by atoms with Crippen LogP contribution in [0.4, 0.5) is 0 Å². The number of nitrogens with one attached hydrogen (secondary N) is 1. The predicted molar refractivity (Wildman–Crippen MR) is 81.9 cm³/mol. The van der Waals surface area contributed by atoms with Gasteiger partial charge in [-0.25, -0.2) is 8.42 Å². The third kappa shape index (κ3) is 4.98. The van der Waals surface area contributed by atoms with E-state index >= 15 is 0 Å². The van der Waals surface area contributed by atoms with Crippen LogP contribution in [0.2, 0.25) is 5.02 Å². The van der Waals surface area contributed by atoms with Crippen molar-refractivity contribution in [2.75, 3.05) is 18.1 Å². The minimum absolute atomic E-state index is 0.0610. The topological polar surface area (TPSA) is 79.8 Å². The Hall–Kier alpha value is -1.11. The molecule has 1 amide bonds. The van der Waals surface area contributed by atoms with Gasteiger partial charge in [0.15, 0.2) is 16.4 Å². The average molecular weight is 332 g/mol. The van der Waals surface area contributed by atoms with Gasteiger partial charge in [0.1, 0.15) is 6.04 Å². The molecule has 1 saturated heterocycles. The van der Waals surface area contributed by atoms with Crippen molar-refractivity contribution in [1.82, 2.24) is 5.32 Å². The summed E-state index contributed by atoms with van der Waals surface area (Å²) in [5.74, 6) is 0.104. The standard InChI is InChI=1S/C14H19ClN2O3S/c1-10(11-2-4-12(15)5-3-11)16-8-14(18)17-13-6-7-21(19,20)9-13/h2-5,10,13,16H,6-9H2,1H3,(H,17,18)/p+1/t10-,13-/m1/s1. The van der Waals surface area contributed by atoms with E-state index in [0.717, 1.165) is 5.56 Å². The highest BCUT2D eigenvalue weighted by molar-refractivity contribution is 7.91. The number of amides is 1. The molecule has 1 aliphatic rings. The fourth-order valence-electron chi connectivity index (χ4n) is 2.38. The second-order valence-electron chi connectivity index (χ2n) is 5.45. The van der Waals surface area contributed by atoms with Crippen molar-refractivity contribution in [3.63, 3.8) is 0 Å². The maximum atomic E-state index is 11.8. The van der Waals surface area contributed by atoms with E-state index in [-0.39, 0.29) is 36.0 Å². The van der Waals surface area contributed by atoms with Crippen LogP contribution >= 0.6 is 11.6 Å². The van der Waals surface area contributed by atoms with Crippen molar-refractivity contribution >= 4 is 27.3 Å². The van der Waals surface area contributed by atoms with Crippen LogP contribution in [-0.2, 0) is 14.6 Å². The Morgan fingerprint density at radius 1 is 1.43 bits per heavy atom. The molecule has 1 aromatic carbocycles. The molecule has 116 valence electrons. The first kappa shape index (κ1) is 16.3. The molecule has 0 spiro atoms. The van der Waals surface area contributed by atoms with Gasteiger partial charge in [-0.15, -0.1) is 0 Å². The van der Waals surface area contributed by atoms with Crippen LogP contribution < -0.4 is 10.6 Å². The number of nitrogens with two attached hydrogens (primary N) is 1. The third-order valence-corrected chi connectivity index (χ3v) is 5.67. The first-order valence-corrected chi connectivity index (χ1v) is 9.14. The second kappa shape index (κ2) is 6.77. The lowest BCUT2D eigenvalue weighted by molar-refractivity contribution is -0.682. The average Bonchev–Trinajstić information content (AvgIpc) is 2.76. The number of quaternary nitrogens is 1. The van der Waals surface area contributed by atoms with Crippen molar-refractivity contribution in [3.05, 3.63) is 34.9 Å². The van der Waals surface area contributed by atoms with Crippen molar-refractivity contribution in [1.29, 1.82) is 0 Å². The van der Waals surface area contributed by atoms with E-state index in [0.29, 0.717) is 11.4 Å². The number of hydrogen-bond acceptors (Lipinski definition) is 3. The first-order chi connectivity index (χ1) is 9.85. The van der Waals surface area contributed by atoms with E-state index < -0.39 is 9.84 Å². The largest absolute Gasteiger partial charge is 0.347 e. The third-order valence-electron chi connectivity index (χ3n) is 3.65. The molecule has 1 aliphatic heterocycles. The van der Waals surface area contributed by atoms with Crippen LogP contribution in [-0.4, -0.2) is 38.4 Å². The van der Waals surface area contributed by atoms with E-state index in [2.05, 4.69) is 5.32 Å². The van der Waals surface area contributed by atoms with Crippen LogP contribution in [0.3, 0.4) is 0 Å². The lowest BCUT2D eigenvalue weighted by Gasteiger charge is -2.13. The SMILES string of the molecule is C[C@@H]([NH2+]CC(=O)N[C@@H]1CCS(=O)(=O)C1)c1ccc(Cl)cc1. The van der Waals surface area contributed by atoms with Gasteiger partial charge in [-0.3, -0.25) is 4.79 Å². The van der Waals surface area contributed by atoms with Gasteiger partial charge in [0.2, 0.25) is 0 Å². The molecule has 1 aromatic rings. The molecule has 0 saturated carbocycles. The quantitative estimate of drug-likeness (QED) is 0.812. The molecule has 21 heavy (non-hydrogen) atoms. The lowest BCUT2D eigenvalue weighted by atomic mass is 10.1. The Kier molecular flexibility index (Phi) is 5.24. The minimum atomic E-state index is -2.96. The Morgan fingerprint density at radius 3 is 2.67 bits per heavy atom. The van der Waals surface area contributed by atoms with Crippen molar-refractivity contribution in [2.45, 2.75) is 25.4 Å². The molecule has 0 unspecified atom stereocenters. The highest BCUT2D eigenvalue weighted by Gasteiger charge is 2.29. The molecular formula is C14H20ClN2O3S+. The highest BCUT2D eigenvalue weighted by Crippen LogP contribution is 2.13. The number of carbonyl (C=O) groups is 1. The Bertz CT molecular complexity index is 601. The molecule has 2 atom stereocenters. The van der Waals surface area contributed by atoms with Gasteiger partial charge in [-0.05, 0) is 25.5 Å². The van der Waals surface area contributed by atoms with Crippen LogP contribution in [0, 0.1) is 0 Å². The zero-order chi connectivity index (χ0) is 15.5. The van der Waals surface area contributed by atoms with Gasteiger partial charge in [-0.1, -0.05) is 23.7 Å². The minimum Gasteiger partial charge on any atom is -0.347 e. The zero-order valence-corrected chi connectivity index (χ0v) is 13.5. The number of carbonyl (C=O) groups excluding carboxylic acids is 1. The summed E-state index contributed by atoms with van der Waals surface area (Å²) < 4.78 is 22.7. The summed E-state index contributed by atoms with van der Waals surface area (Å²) in [6.45, 7) is 2.29. The maximum absolute atomic E-state index is 11.8. The molecule has 0 aromatic heterocycles. The molecule has 0 bridgehead atoms. The fraction of sp³-hybridized carbons (Fsp3) is 0.500. The van der Waals surface area contributed by atoms with Gasteiger partial charge >= 0.3 is 0 Å². The highest BCUT2D eigenvalue weighted by atomic mass is 35.5. The van der Waals surface area contributed by atoms with E-state index in [1.807, 2.05) is 36.5 Å². The molecule has 3 N–H and O–H groups in total. The fourth-order valence-corrected chi connectivity index (χ4v) is 4.18. The molecule has 5 nitrogen and oxygen atoms in total. The Balaban J connectivity index is 1.77. The van der Waals surface area contributed by atoms with Crippen LogP contribution in [0.1, 0.15) is 24.9 Å². The molecule has 0 radical (unpaired) electrons. The molecule has 1 heterocycles. The summed E-state index contributed by atoms with van der Waals surface area (Å²) in [5, 5.41) is 5.38. The van der Waals surface area contributed by atoms with Crippen LogP contribution in [0.5, 0.6) is 0 Å². The molecule has 0 aliphatic carbocycles. The van der Waals surface area contributed by atoms with E-state index in [9.17, 15) is 13.2 Å². The lowest BCUT2D eigenvalue weighted by Crippen LogP contribution is -2.87. The number of rotatable bonds is 5. The number of hydrogen-bond donors (Lipinski definition) is 2. The Labute approximate surface area is 130 Å². The number of benzene rings is 1. The van der Waals surface area contributed by atoms with Gasteiger partial charge < -0.3 is 10.6 Å². The molecule has 1 fully saturated rings. The van der Waals surface area contributed by atoms with Gasteiger partial charge in [0, 0.05) is 16.6 Å². The summed E-state index contributed by atoms with van der Waals surface area (Å²) in [7, 11) is -2.96. The number of sulfone groups is 1. The van der Waals surface area contributed by atoms with Crippen molar-refractivity contribution < 1.29 is 18.5 Å². The van der Waals surface area contributed by atoms with E-state index in [4.69, 9.17) is 11.6 Å². The van der Waals surface area contributed by atoms with Crippen LogP contribution in [0.25, 0.3) is 0 Å². The normalized spacial score (nSPS) is 21.9. The van der Waals surface area contributed by atoms with E-state index in [1.54, 1.807) is 0 Å². The van der Waals surface area contributed by atoms with E-state index in [1.165, 1.54) is 0 Å². The first-order valence-electron chi connectivity index (χ1n) is 6.94. The molecular weight excluding hydrogens is 312 g/mol. The summed E-state index contributed by atoms with van der Waals surface area (Å²) >= 11 is 5.84.